The van der Waals surface area contributed by atoms with Crippen molar-refractivity contribution in [2.45, 2.75) is 52.9 Å². The Balaban J connectivity index is 2.46. The Hall–Kier alpha value is -1.18. The van der Waals surface area contributed by atoms with Crippen LogP contribution in [0.4, 0.5) is 0 Å². The van der Waals surface area contributed by atoms with Crippen LogP contribution in [-0.2, 0) is 0 Å². The van der Waals surface area contributed by atoms with Gasteiger partial charge in [-0.05, 0) is 37.5 Å². The highest BCUT2D eigenvalue weighted by atomic mass is 16.5. The second kappa shape index (κ2) is 8.84. The molecule has 2 nitrogen and oxygen atoms in total. The Kier molecular flexibility index (Phi) is 7.31. The number of hydrogen-bond acceptors (Lipinski definition) is 2. The van der Waals surface area contributed by atoms with Crippen LogP contribution < -0.4 is 9.47 Å². The largest absolute Gasteiger partial charge is 0.493 e. The quantitative estimate of drug-likeness (QED) is 0.589. The fourth-order valence-electron chi connectivity index (χ4n) is 1.76. The minimum atomic E-state index is 0.787. The van der Waals surface area contributed by atoms with Gasteiger partial charge in [0.1, 0.15) is 11.5 Å². The van der Waals surface area contributed by atoms with E-state index in [2.05, 4.69) is 32.9 Å². The summed E-state index contributed by atoms with van der Waals surface area (Å²) >= 11 is 0. The van der Waals surface area contributed by atoms with Crippen LogP contribution in [0.3, 0.4) is 0 Å². The smallest absolute Gasteiger partial charge is 0.123 e. The van der Waals surface area contributed by atoms with Gasteiger partial charge in [-0.2, -0.15) is 0 Å². The minimum Gasteiger partial charge on any atom is -0.493 e. The Morgan fingerprint density at radius 1 is 0.778 bits per heavy atom. The lowest BCUT2D eigenvalue weighted by Crippen LogP contribution is -2.00. The normalized spacial score (nSPS) is 10.4. The molecule has 0 N–H and O–H groups in total. The molecule has 0 bridgehead atoms. The Morgan fingerprint density at radius 3 is 1.89 bits per heavy atom. The van der Waals surface area contributed by atoms with Crippen molar-refractivity contribution >= 4 is 0 Å². The van der Waals surface area contributed by atoms with Gasteiger partial charge in [-0.3, -0.25) is 0 Å². The van der Waals surface area contributed by atoms with E-state index in [1.54, 1.807) is 0 Å². The first-order valence-corrected chi connectivity index (χ1v) is 7.13. The van der Waals surface area contributed by atoms with E-state index in [4.69, 9.17) is 9.47 Å². The van der Waals surface area contributed by atoms with Gasteiger partial charge in [0.05, 0.1) is 13.2 Å². The van der Waals surface area contributed by atoms with Crippen LogP contribution in [0.1, 0.15) is 51.5 Å². The van der Waals surface area contributed by atoms with E-state index in [9.17, 15) is 0 Å². The van der Waals surface area contributed by atoms with Crippen molar-refractivity contribution in [3.8, 4) is 11.5 Å². The summed E-state index contributed by atoms with van der Waals surface area (Å²) in [6.45, 7) is 8.03. The summed E-state index contributed by atoms with van der Waals surface area (Å²) in [5.41, 5.74) is 1.19. The van der Waals surface area contributed by atoms with Gasteiger partial charge in [0, 0.05) is 6.07 Å². The first-order chi connectivity index (χ1) is 8.76. The molecule has 18 heavy (non-hydrogen) atoms. The van der Waals surface area contributed by atoms with Gasteiger partial charge in [0.25, 0.3) is 0 Å². The predicted octanol–water partition coefficient (Wildman–Crippen LogP) is 4.74. The van der Waals surface area contributed by atoms with E-state index >= 15 is 0 Å². The molecule has 0 aliphatic carbocycles. The van der Waals surface area contributed by atoms with Gasteiger partial charge in [-0.15, -0.1) is 0 Å². The number of benzene rings is 1. The van der Waals surface area contributed by atoms with Gasteiger partial charge in [0.15, 0.2) is 0 Å². The van der Waals surface area contributed by atoms with Crippen molar-refractivity contribution in [3.05, 3.63) is 23.8 Å². The third kappa shape index (κ3) is 5.95. The van der Waals surface area contributed by atoms with Crippen molar-refractivity contribution < 1.29 is 9.47 Å². The molecule has 102 valence electrons. The fraction of sp³-hybridized carbons (Fsp3) is 0.625. The molecule has 1 aromatic carbocycles. The van der Waals surface area contributed by atoms with E-state index in [0.717, 1.165) is 44.0 Å². The molecule has 0 atom stereocenters. The van der Waals surface area contributed by atoms with Gasteiger partial charge in [-0.1, -0.05) is 33.1 Å². The lowest BCUT2D eigenvalue weighted by atomic mass is 10.2. The zero-order valence-electron chi connectivity index (χ0n) is 12.0. The van der Waals surface area contributed by atoms with Crippen molar-refractivity contribution in [1.29, 1.82) is 0 Å². The Bertz CT molecular complexity index is 334. The number of ether oxygens (including phenoxy) is 2. The molecular formula is C16H26O2. The van der Waals surface area contributed by atoms with E-state index in [1.807, 2.05) is 6.07 Å². The Labute approximate surface area is 111 Å². The SMILES string of the molecule is CCCCCOc1cc(C)cc(OCCCC)c1. The van der Waals surface area contributed by atoms with E-state index in [0.29, 0.717) is 0 Å². The molecule has 2 heteroatoms. The number of hydrogen-bond donors (Lipinski definition) is 0. The first-order valence-electron chi connectivity index (χ1n) is 7.13. The van der Waals surface area contributed by atoms with Crippen LogP contribution in [0.2, 0.25) is 0 Å². The number of unbranched alkanes of at least 4 members (excludes halogenated alkanes) is 3. The highest BCUT2D eigenvalue weighted by Gasteiger charge is 2.01. The van der Waals surface area contributed by atoms with Crippen LogP contribution in [0.25, 0.3) is 0 Å². The second-order valence-corrected chi connectivity index (χ2v) is 4.74. The summed E-state index contributed by atoms with van der Waals surface area (Å²) in [7, 11) is 0. The summed E-state index contributed by atoms with van der Waals surface area (Å²) in [5.74, 6) is 1.85. The van der Waals surface area contributed by atoms with Crippen molar-refractivity contribution in [3.63, 3.8) is 0 Å². The van der Waals surface area contributed by atoms with Crippen LogP contribution in [0, 0.1) is 6.92 Å². The molecule has 0 aliphatic rings. The lowest BCUT2D eigenvalue weighted by Gasteiger charge is -2.10. The molecule has 0 saturated carbocycles. The van der Waals surface area contributed by atoms with Crippen molar-refractivity contribution in [1.82, 2.24) is 0 Å². The molecule has 0 aliphatic heterocycles. The maximum Gasteiger partial charge on any atom is 0.123 e. The van der Waals surface area contributed by atoms with E-state index in [1.165, 1.54) is 18.4 Å². The molecule has 0 amide bonds. The Morgan fingerprint density at radius 2 is 1.33 bits per heavy atom. The molecule has 0 unspecified atom stereocenters. The topological polar surface area (TPSA) is 18.5 Å². The molecule has 0 fully saturated rings. The lowest BCUT2D eigenvalue weighted by molar-refractivity contribution is 0.292. The summed E-state index contributed by atoms with van der Waals surface area (Å²) in [5, 5.41) is 0. The molecule has 0 saturated heterocycles. The summed E-state index contributed by atoms with van der Waals surface area (Å²) in [6.07, 6.45) is 5.83. The second-order valence-electron chi connectivity index (χ2n) is 4.74. The maximum absolute atomic E-state index is 5.76. The van der Waals surface area contributed by atoms with Crippen LogP contribution in [0.15, 0.2) is 18.2 Å². The molecule has 1 aromatic rings. The average Bonchev–Trinajstić information content (AvgIpc) is 2.34. The van der Waals surface area contributed by atoms with Gasteiger partial charge >= 0.3 is 0 Å². The highest BCUT2D eigenvalue weighted by Crippen LogP contribution is 2.23. The average molecular weight is 250 g/mol. The van der Waals surface area contributed by atoms with Gasteiger partial charge in [0.2, 0.25) is 0 Å². The standard InChI is InChI=1S/C16H26O2/c1-4-6-8-10-18-16-12-14(3)11-15(13-16)17-9-7-5-2/h11-13H,4-10H2,1-3H3. The predicted molar refractivity (Wildman–Crippen MR) is 76.6 cm³/mol. The van der Waals surface area contributed by atoms with Crippen LogP contribution in [-0.4, -0.2) is 13.2 Å². The zero-order valence-corrected chi connectivity index (χ0v) is 12.0. The van der Waals surface area contributed by atoms with E-state index in [-0.39, 0.29) is 0 Å². The summed E-state index contributed by atoms with van der Waals surface area (Å²) < 4.78 is 11.5. The van der Waals surface area contributed by atoms with E-state index < -0.39 is 0 Å². The van der Waals surface area contributed by atoms with Crippen LogP contribution >= 0.6 is 0 Å². The third-order valence-electron chi connectivity index (χ3n) is 2.81. The highest BCUT2D eigenvalue weighted by molar-refractivity contribution is 5.37. The number of aryl methyl sites for hydroxylation is 1. The molecule has 0 heterocycles. The summed E-state index contributed by atoms with van der Waals surface area (Å²) in [4.78, 5) is 0. The zero-order chi connectivity index (χ0) is 13.2. The van der Waals surface area contributed by atoms with Crippen molar-refractivity contribution in [2.75, 3.05) is 13.2 Å². The first kappa shape index (κ1) is 14.9. The molecule has 0 spiro atoms. The molecule has 0 aromatic heterocycles. The minimum absolute atomic E-state index is 0.787. The fourth-order valence-corrected chi connectivity index (χ4v) is 1.76. The molecule has 1 rings (SSSR count). The molecule has 0 radical (unpaired) electrons. The monoisotopic (exact) mass is 250 g/mol. The summed E-state index contributed by atoms with van der Waals surface area (Å²) in [6, 6.07) is 6.13. The third-order valence-corrected chi connectivity index (χ3v) is 2.81. The van der Waals surface area contributed by atoms with Crippen molar-refractivity contribution in [2.24, 2.45) is 0 Å². The van der Waals surface area contributed by atoms with Gasteiger partial charge in [-0.25, -0.2) is 0 Å². The number of rotatable bonds is 9. The maximum atomic E-state index is 5.76. The molecular weight excluding hydrogens is 224 g/mol. The van der Waals surface area contributed by atoms with Gasteiger partial charge < -0.3 is 9.47 Å². The van der Waals surface area contributed by atoms with Crippen LogP contribution in [0.5, 0.6) is 11.5 Å².